The van der Waals surface area contributed by atoms with Crippen LogP contribution in [0.1, 0.15) is 17.4 Å². The molecule has 1 aromatic carbocycles. The molecule has 22 heavy (non-hydrogen) atoms. The summed E-state index contributed by atoms with van der Waals surface area (Å²) in [6.45, 7) is 0. The second kappa shape index (κ2) is 5.57. The lowest BCUT2D eigenvalue weighted by atomic mass is 10.0. The van der Waals surface area contributed by atoms with Crippen LogP contribution in [0.15, 0.2) is 47.2 Å². The highest BCUT2D eigenvalue weighted by atomic mass is 35.5. The van der Waals surface area contributed by atoms with Gasteiger partial charge in [0.05, 0.1) is 11.3 Å². The minimum atomic E-state index is -1.02. The predicted octanol–water partition coefficient (Wildman–Crippen LogP) is 3.37. The number of primary amides is 1. The zero-order valence-corrected chi connectivity index (χ0v) is 11.9. The number of nitrogens with zero attached hydrogens (tertiary/aromatic N) is 1. The highest BCUT2D eigenvalue weighted by Gasteiger charge is 2.26. The van der Waals surface area contributed by atoms with Crippen LogP contribution in [0, 0.1) is 0 Å². The van der Waals surface area contributed by atoms with Gasteiger partial charge in [0.2, 0.25) is 0 Å². The Balaban J connectivity index is 2.22. The predicted molar refractivity (Wildman–Crippen MR) is 79.6 cm³/mol. The summed E-state index contributed by atoms with van der Waals surface area (Å²) < 4.78 is 10.3. The van der Waals surface area contributed by atoms with Crippen molar-refractivity contribution in [3.05, 3.63) is 59.1 Å². The molecule has 2 aromatic heterocycles. The van der Waals surface area contributed by atoms with Crippen molar-refractivity contribution >= 4 is 28.6 Å². The largest absolute Gasteiger partial charge is 0.505 e. The molecule has 0 saturated carbocycles. The maximum atomic E-state index is 11.2. The zero-order valence-electron chi connectivity index (χ0n) is 11.2. The van der Waals surface area contributed by atoms with Gasteiger partial charge in [-0.25, -0.2) is 4.79 Å². The Kier molecular flexibility index (Phi) is 3.60. The number of phenols is 1. The van der Waals surface area contributed by atoms with Crippen LogP contribution in [0.4, 0.5) is 4.79 Å². The molecule has 3 N–H and O–H groups in total. The summed E-state index contributed by atoms with van der Waals surface area (Å²) in [5.74, 6) is 0.156. The van der Waals surface area contributed by atoms with Gasteiger partial charge in [-0.05, 0) is 30.3 Å². The summed E-state index contributed by atoms with van der Waals surface area (Å²) in [5, 5.41) is 11.4. The van der Waals surface area contributed by atoms with E-state index < -0.39 is 12.2 Å². The maximum absolute atomic E-state index is 11.2. The lowest BCUT2D eigenvalue weighted by molar-refractivity contribution is 0.113. The van der Waals surface area contributed by atoms with E-state index in [1.807, 2.05) is 0 Å². The van der Waals surface area contributed by atoms with Crippen molar-refractivity contribution in [1.29, 1.82) is 0 Å². The molecule has 0 radical (unpaired) electrons. The Morgan fingerprint density at radius 2 is 2.23 bits per heavy atom. The van der Waals surface area contributed by atoms with Crippen molar-refractivity contribution in [1.82, 2.24) is 4.98 Å². The molecule has 0 aliphatic heterocycles. The SMILES string of the molecule is NC(=O)OC(c1ccco1)c1cc(Cl)c2cccnc2c1O. The molecule has 3 aromatic rings. The number of hydrogen-bond acceptors (Lipinski definition) is 5. The number of ether oxygens (including phenoxy) is 1. The fraction of sp³-hybridized carbons (Fsp3) is 0.0667. The molecular formula is C15H11ClN2O4. The summed E-state index contributed by atoms with van der Waals surface area (Å²) in [4.78, 5) is 15.3. The third-order valence-corrected chi connectivity index (χ3v) is 3.48. The standard InChI is InChI=1S/C15H11ClN2O4/c16-10-7-9(13(19)12-8(10)3-1-5-18-12)14(22-15(17)20)11-4-2-6-21-11/h1-7,14,19H,(H2,17,20). The molecule has 1 atom stereocenters. The summed E-state index contributed by atoms with van der Waals surface area (Å²) in [7, 11) is 0. The van der Waals surface area contributed by atoms with Crippen LogP contribution in [0.5, 0.6) is 5.75 Å². The topological polar surface area (TPSA) is 98.6 Å². The molecule has 0 fully saturated rings. The van der Waals surface area contributed by atoms with Crippen LogP contribution >= 0.6 is 11.6 Å². The molecule has 6 nitrogen and oxygen atoms in total. The van der Waals surface area contributed by atoms with E-state index in [1.165, 1.54) is 18.5 Å². The van der Waals surface area contributed by atoms with Gasteiger partial charge in [0, 0.05) is 17.1 Å². The second-order valence-corrected chi connectivity index (χ2v) is 4.94. The number of halogens is 1. The second-order valence-electron chi connectivity index (χ2n) is 4.53. The number of phenolic OH excluding ortho intramolecular Hbond substituents is 1. The Hall–Kier alpha value is -2.73. The number of carbonyl (C=O) groups is 1. The van der Waals surface area contributed by atoms with Gasteiger partial charge in [-0.3, -0.25) is 4.98 Å². The van der Waals surface area contributed by atoms with E-state index in [1.54, 1.807) is 24.3 Å². The van der Waals surface area contributed by atoms with E-state index >= 15 is 0 Å². The first-order chi connectivity index (χ1) is 10.6. The van der Waals surface area contributed by atoms with Crippen molar-refractivity contribution in [2.24, 2.45) is 5.73 Å². The number of rotatable bonds is 3. The van der Waals surface area contributed by atoms with Gasteiger partial charge in [-0.2, -0.15) is 0 Å². The lowest BCUT2D eigenvalue weighted by Gasteiger charge is -2.17. The Morgan fingerprint density at radius 3 is 2.91 bits per heavy atom. The molecule has 0 aliphatic carbocycles. The van der Waals surface area contributed by atoms with Crippen molar-refractivity contribution < 1.29 is 19.1 Å². The van der Waals surface area contributed by atoms with E-state index in [4.69, 9.17) is 26.5 Å². The molecule has 2 heterocycles. The van der Waals surface area contributed by atoms with Gasteiger partial charge in [-0.1, -0.05) is 11.6 Å². The Labute approximate surface area is 130 Å². The average Bonchev–Trinajstić information content (AvgIpc) is 3.03. The molecule has 7 heteroatoms. The van der Waals surface area contributed by atoms with Crippen LogP contribution in [-0.4, -0.2) is 16.2 Å². The van der Waals surface area contributed by atoms with Gasteiger partial charge >= 0.3 is 6.09 Å². The first-order valence-corrected chi connectivity index (χ1v) is 6.71. The first kappa shape index (κ1) is 14.2. The lowest BCUT2D eigenvalue weighted by Crippen LogP contribution is -2.18. The van der Waals surface area contributed by atoms with Crippen LogP contribution in [-0.2, 0) is 4.74 Å². The maximum Gasteiger partial charge on any atom is 0.405 e. The molecule has 0 spiro atoms. The minimum Gasteiger partial charge on any atom is -0.505 e. The highest BCUT2D eigenvalue weighted by Crippen LogP contribution is 2.39. The average molecular weight is 319 g/mol. The van der Waals surface area contributed by atoms with Crippen LogP contribution < -0.4 is 5.73 Å². The number of pyridine rings is 1. The van der Waals surface area contributed by atoms with E-state index in [0.29, 0.717) is 21.7 Å². The number of nitrogens with two attached hydrogens (primary N) is 1. The van der Waals surface area contributed by atoms with Crippen molar-refractivity contribution in [3.63, 3.8) is 0 Å². The number of fused-ring (bicyclic) bond motifs is 1. The monoisotopic (exact) mass is 318 g/mol. The van der Waals surface area contributed by atoms with E-state index in [-0.39, 0.29) is 11.3 Å². The number of furan rings is 1. The van der Waals surface area contributed by atoms with Gasteiger partial charge in [0.1, 0.15) is 17.0 Å². The zero-order chi connectivity index (χ0) is 15.7. The first-order valence-electron chi connectivity index (χ1n) is 6.33. The molecule has 112 valence electrons. The fourth-order valence-electron chi connectivity index (χ4n) is 2.24. The van der Waals surface area contributed by atoms with Gasteiger partial charge < -0.3 is 20.0 Å². The molecular weight excluding hydrogens is 308 g/mol. The van der Waals surface area contributed by atoms with Crippen LogP contribution in [0.3, 0.4) is 0 Å². The summed E-state index contributed by atoms with van der Waals surface area (Å²) in [5.41, 5.74) is 5.65. The van der Waals surface area contributed by atoms with Crippen molar-refractivity contribution in [3.8, 4) is 5.75 Å². The number of benzene rings is 1. The summed E-state index contributed by atoms with van der Waals surface area (Å²) in [6, 6.07) is 8.16. The molecule has 1 amide bonds. The Morgan fingerprint density at radius 1 is 1.41 bits per heavy atom. The van der Waals surface area contributed by atoms with Crippen LogP contribution in [0.2, 0.25) is 5.02 Å². The molecule has 0 saturated heterocycles. The van der Waals surface area contributed by atoms with Crippen LogP contribution in [0.25, 0.3) is 10.9 Å². The number of aromatic hydroxyl groups is 1. The normalized spacial score (nSPS) is 12.2. The minimum absolute atomic E-state index is 0.150. The Bertz CT molecular complexity index is 833. The number of carbonyl (C=O) groups excluding carboxylic acids is 1. The fourth-order valence-corrected chi connectivity index (χ4v) is 2.51. The number of amides is 1. The summed E-state index contributed by atoms with van der Waals surface area (Å²) >= 11 is 6.22. The molecule has 0 aliphatic rings. The molecule has 1 unspecified atom stereocenters. The van der Waals surface area contributed by atoms with Crippen molar-refractivity contribution in [2.45, 2.75) is 6.10 Å². The van der Waals surface area contributed by atoms with Gasteiger partial charge in [-0.15, -0.1) is 0 Å². The van der Waals surface area contributed by atoms with Gasteiger partial charge in [0.15, 0.2) is 6.10 Å². The smallest absolute Gasteiger partial charge is 0.405 e. The highest BCUT2D eigenvalue weighted by molar-refractivity contribution is 6.35. The van der Waals surface area contributed by atoms with E-state index in [0.717, 1.165) is 0 Å². The van der Waals surface area contributed by atoms with E-state index in [2.05, 4.69) is 4.98 Å². The molecule has 3 rings (SSSR count). The van der Waals surface area contributed by atoms with Crippen molar-refractivity contribution in [2.75, 3.05) is 0 Å². The third-order valence-electron chi connectivity index (χ3n) is 3.16. The quantitative estimate of drug-likeness (QED) is 0.771. The third kappa shape index (κ3) is 2.44. The summed E-state index contributed by atoms with van der Waals surface area (Å²) in [6.07, 6.45) is 0.929. The van der Waals surface area contributed by atoms with Gasteiger partial charge in [0.25, 0.3) is 0 Å². The number of aromatic nitrogens is 1. The van der Waals surface area contributed by atoms with E-state index in [9.17, 15) is 9.90 Å². The molecule has 0 bridgehead atoms. The number of hydrogen-bond donors (Lipinski definition) is 2.